The molecule has 2 heterocycles. The maximum Gasteiger partial charge on any atom is 0.435 e. The number of carbonyl (C=O) groups excluding carboxylic acids is 2. The number of Topliss-reactive ketones (excluding diaryl/α,β-unsaturated/α-hetero) is 1. The highest BCUT2D eigenvalue weighted by atomic mass is 19.4. The number of pyridine rings is 1. The summed E-state index contributed by atoms with van der Waals surface area (Å²) in [7, 11) is 0. The van der Waals surface area contributed by atoms with E-state index in [4.69, 9.17) is 5.73 Å². The van der Waals surface area contributed by atoms with Crippen molar-refractivity contribution in [1.82, 2.24) is 20.1 Å². The fraction of sp³-hybridized carbons (Fsp3) is 0.200. The lowest BCUT2D eigenvalue weighted by Gasteiger charge is -2.22. The van der Waals surface area contributed by atoms with Gasteiger partial charge in [-0.1, -0.05) is 18.7 Å². The highest BCUT2D eigenvalue weighted by Gasteiger charge is 2.43. The molecule has 43 heavy (non-hydrogen) atoms. The molecule has 0 aliphatic heterocycles. The lowest BCUT2D eigenvalue weighted by atomic mass is 9.94. The predicted octanol–water partition coefficient (Wildman–Crippen LogP) is 5.54. The highest BCUT2D eigenvalue weighted by molar-refractivity contribution is 6.01. The molecule has 4 aromatic rings. The van der Waals surface area contributed by atoms with Crippen LogP contribution in [0.15, 0.2) is 61.3 Å². The second-order valence-corrected chi connectivity index (χ2v) is 10.0. The van der Waals surface area contributed by atoms with Gasteiger partial charge in [0.15, 0.2) is 11.5 Å². The fourth-order valence-electron chi connectivity index (χ4n) is 5.16. The summed E-state index contributed by atoms with van der Waals surface area (Å²) in [5.74, 6) is -3.85. The van der Waals surface area contributed by atoms with E-state index in [0.29, 0.717) is 17.2 Å². The smallest absolute Gasteiger partial charge is 0.399 e. The van der Waals surface area contributed by atoms with Gasteiger partial charge in [-0.25, -0.2) is 13.2 Å². The van der Waals surface area contributed by atoms with Crippen molar-refractivity contribution in [2.45, 2.75) is 38.0 Å². The maximum atomic E-state index is 14.3. The van der Waals surface area contributed by atoms with Crippen LogP contribution >= 0.6 is 0 Å². The van der Waals surface area contributed by atoms with Gasteiger partial charge in [-0.3, -0.25) is 19.3 Å². The molecule has 0 fully saturated rings. The number of hydrogen-bond acceptors (Lipinski definition) is 5. The normalized spacial score (nSPS) is 13.6. The summed E-state index contributed by atoms with van der Waals surface area (Å²) < 4.78 is 84.1. The summed E-state index contributed by atoms with van der Waals surface area (Å²) in [6.07, 6.45) is -3.82. The van der Waals surface area contributed by atoms with Crippen molar-refractivity contribution >= 4 is 17.4 Å². The maximum absolute atomic E-state index is 14.3. The van der Waals surface area contributed by atoms with Gasteiger partial charge in [0.2, 0.25) is 5.91 Å². The number of amides is 1. The Kier molecular flexibility index (Phi) is 7.82. The molecule has 0 spiro atoms. The molecule has 7 nitrogen and oxygen atoms in total. The summed E-state index contributed by atoms with van der Waals surface area (Å²) in [6.45, 7) is 2.90. The Labute approximate surface area is 241 Å². The van der Waals surface area contributed by atoms with Crippen LogP contribution in [-0.2, 0) is 30.4 Å². The van der Waals surface area contributed by atoms with Gasteiger partial charge in [-0.05, 0) is 54.3 Å². The monoisotopic (exact) mass is 599 g/mol. The number of nitrogens with two attached hydrogens (primary N) is 1. The first kappa shape index (κ1) is 29.5. The van der Waals surface area contributed by atoms with E-state index in [1.807, 2.05) is 0 Å². The standard InChI is InChI=1S/C30H23F6N5O2/c1-15(37)21-12-17(4-5-22(21)33)20-3-2-8-38-28(20)23(11-16-9-18(31)13-19(32)10-16)39-26(43)14-41-24-6-7-25(42)27(24)29(40-41)30(34,35)36/h2-5,8-10,12-13,23H,1,6-7,11,14,37H2,(H,39,43)/t23-/m0/s1. The molecule has 3 N–H and O–H groups in total. The third-order valence-electron chi connectivity index (χ3n) is 6.98. The van der Waals surface area contributed by atoms with E-state index in [2.05, 4.69) is 22.0 Å². The largest absolute Gasteiger partial charge is 0.435 e. The predicted molar refractivity (Wildman–Crippen MR) is 144 cm³/mol. The van der Waals surface area contributed by atoms with Crippen molar-refractivity contribution in [3.05, 3.63) is 113 Å². The Morgan fingerprint density at radius 1 is 1.07 bits per heavy atom. The topological polar surface area (TPSA) is 103 Å². The number of nitrogens with one attached hydrogen (secondary N) is 1. The van der Waals surface area contributed by atoms with Crippen LogP contribution in [0, 0.1) is 17.5 Å². The quantitative estimate of drug-likeness (QED) is 0.259. The Morgan fingerprint density at radius 3 is 2.47 bits per heavy atom. The molecule has 0 bridgehead atoms. The van der Waals surface area contributed by atoms with Crippen LogP contribution in [0.2, 0.25) is 0 Å². The van der Waals surface area contributed by atoms with Crippen LogP contribution in [0.25, 0.3) is 16.8 Å². The first-order valence-electron chi connectivity index (χ1n) is 13.0. The van der Waals surface area contributed by atoms with Crippen molar-refractivity contribution in [3.8, 4) is 11.1 Å². The lowest BCUT2D eigenvalue weighted by molar-refractivity contribution is -0.142. The summed E-state index contributed by atoms with van der Waals surface area (Å²) in [4.78, 5) is 29.8. The molecule has 2 aromatic heterocycles. The molecule has 1 aliphatic carbocycles. The average molecular weight is 600 g/mol. The van der Waals surface area contributed by atoms with E-state index in [0.717, 1.165) is 16.8 Å². The second-order valence-electron chi connectivity index (χ2n) is 10.0. The zero-order chi connectivity index (χ0) is 31.1. The molecule has 0 saturated heterocycles. The summed E-state index contributed by atoms with van der Waals surface area (Å²) in [5, 5.41) is 6.21. The SMILES string of the molecule is C=C(N)c1cc(-c2cccnc2[C@H](Cc2cc(F)cc(F)c2)NC(=O)Cn2nc(C(F)(F)F)c3c2CCC3=O)ccc1F. The Hall–Kier alpha value is -4.94. The fourth-order valence-corrected chi connectivity index (χ4v) is 5.16. The van der Waals surface area contributed by atoms with Crippen LogP contribution in [0.3, 0.4) is 0 Å². The highest BCUT2D eigenvalue weighted by Crippen LogP contribution is 2.37. The molecular formula is C30H23F6N5O2. The van der Waals surface area contributed by atoms with Crippen LogP contribution in [0.4, 0.5) is 26.3 Å². The molecular weight excluding hydrogens is 576 g/mol. The van der Waals surface area contributed by atoms with Crippen LogP contribution in [0.5, 0.6) is 0 Å². The zero-order valence-corrected chi connectivity index (χ0v) is 22.3. The van der Waals surface area contributed by atoms with Gasteiger partial charge in [-0.15, -0.1) is 0 Å². The minimum atomic E-state index is -4.90. The molecule has 2 aromatic carbocycles. The Morgan fingerprint density at radius 2 is 1.79 bits per heavy atom. The van der Waals surface area contributed by atoms with E-state index < -0.39 is 59.2 Å². The lowest BCUT2D eigenvalue weighted by Crippen LogP contribution is -2.34. The number of nitrogens with zero attached hydrogens (tertiary/aromatic N) is 3. The third kappa shape index (κ3) is 6.15. The minimum Gasteiger partial charge on any atom is -0.399 e. The molecule has 0 radical (unpaired) electrons. The molecule has 13 heteroatoms. The number of rotatable bonds is 8. The molecule has 0 saturated carbocycles. The van der Waals surface area contributed by atoms with Gasteiger partial charge >= 0.3 is 6.18 Å². The van der Waals surface area contributed by atoms with E-state index in [1.165, 1.54) is 24.4 Å². The van der Waals surface area contributed by atoms with E-state index >= 15 is 0 Å². The van der Waals surface area contributed by atoms with Gasteiger partial charge < -0.3 is 11.1 Å². The van der Waals surface area contributed by atoms with Crippen LogP contribution in [-0.4, -0.2) is 26.5 Å². The number of fused-ring (bicyclic) bond motifs is 1. The number of carbonyl (C=O) groups is 2. The summed E-state index contributed by atoms with van der Waals surface area (Å²) >= 11 is 0. The Balaban J connectivity index is 1.53. The van der Waals surface area contributed by atoms with Gasteiger partial charge in [0, 0.05) is 35.5 Å². The first-order valence-corrected chi connectivity index (χ1v) is 13.0. The second kappa shape index (κ2) is 11.4. The van der Waals surface area contributed by atoms with Gasteiger partial charge in [0.25, 0.3) is 0 Å². The molecule has 5 rings (SSSR count). The van der Waals surface area contributed by atoms with Gasteiger partial charge in [-0.2, -0.15) is 18.3 Å². The number of hydrogen-bond donors (Lipinski definition) is 2. The number of benzene rings is 2. The van der Waals surface area contributed by atoms with Crippen molar-refractivity contribution in [3.63, 3.8) is 0 Å². The summed E-state index contributed by atoms with van der Waals surface area (Å²) in [6, 6.07) is 9.03. The van der Waals surface area contributed by atoms with Crippen LogP contribution < -0.4 is 11.1 Å². The van der Waals surface area contributed by atoms with Gasteiger partial charge in [0.1, 0.15) is 24.0 Å². The Bertz CT molecular complexity index is 1740. The van der Waals surface area contributed by atoms with Crippen molar-refractivity contribution in [2.75, 3.05) is 0 Å². The zero-order valence-electron chi connectivity index (χ0n) is 22.3. The van der Waals surface area contributed by atoms with Gasteiger partial charge in [0.05, 0.1) is 23.0 Å². The van der Waals surface area contributed by atoms with E-state index in [1.54, 1.807) is 12.1 Å². The molecule has 1 aliphatic rings. The van der Waals surface area contributed by atoms with Crippen molar-refractivity contribution < 1.29 is 35.9 Å². The molecule has 0 unspecified atom stereocenters. The molecule has 1 amide bonds. The van der Waals surface area contributed by atoms with E-state index in [9.17, 15) is 35.9 Å². The number of halogens is 6. The van der Waals surface area contributed by atoms with Crippen molar-refractivity contribution in [2.24, 2.45) is 5.73 Å². The first-order chi connectivity index (χ1) is 20.3. The minimum absolute atomic E-state index is 0.00407. The van der Waals surface area contributed by atoms with Crippen molar-refractivity contribution in [1.29, 1.82) is 0 Å². The van der Waals surface area contributed by atoms with E-state index in [-0.39, 0.29) is 47.5 Å². The number of ketones is 1. The molecule has 1 atom stereocenters. The number of alkyl halides is 3. The third-order valence-corrected chi connectivity index (χ3v) is 6.98. The molecule has 222 valence electrons. The number of aromatic nitrogens is 3. The summed E-state index contributed by atoms with van der Waals surface area (Å²) in [5.41, 5.74) is 5.04. The average Bonchev–Trinajstić information content (AvgIpc) is 3.48. The van der Waals surface area contributed by atoms with Crippen LogP contribution in [0.1, 0.15) is 51.0 Å².